The van der Waals surface area contributed by atoms with E-state index in [0.717, 1.165) is 0 Å². The van der Waals surface area contributed by atoms with Crippen LogP contribution in [0.4, 0.5) is 0 Å². The molecule has 0 aromatic heterocycles. The van der Waals surface area contributed by atoms with Gasteiger partial charge in [0, 0.05) is 12.1 Å². The first-order valence-corrected chi connectivity index (χ1v) is 7.02. The van der Waals surface area contributed by atoms with Gasteiger partial charge in [-0.05, 0) is 24.1 Å². The fourth-order valence-electron chi connectivity index (χ4n) is 2.62. The number of benzene rings is 1. The Labute approximate surface area is 132 Å². The molecule has 2 N–H and O–H groups in total. The third-order valence-electron chi connectivity index (χ3n) is 3.77. The zero-order valence-electron chi connectivity index (χ0n) is 12.8. The van der Waals surface area contributed by atoms with Crippen molar-refractivity contribution in [2.45, 2.75) is 12.8 Å². The predicted molar refractivity (Wildman–Crippen MR) is 81.7 cm³/mol. The van der Waals surface area contributed by atoms with Gasteiger partial charge in [0.2, 0.25) is 0 Å². The summed E-state index contributed by atoms with van der Waals surface area (Å²) in [7, 11) is 2.93. The van der Waals surface area contributed by atoms with Crippen LogP contribution in [0.3, 0.4) is 0 Å². The van der Waals surface area contributed by atoms with E-state index in [0.29, 0.717) is 29.3 Å². The van der Waals surface area contributed by atoms with E-state index in [1.54, 1.807) is 12.1 Å². The average Bonchev–Trinajstić information content (AvgIpc) is 2.53. The number of phenolic OH excluding ortho intramolecular Hbond substituents is 1. The minimum Gasteiger partial charge on any atom is -0.507 e. The van der Waals surface area contributed by atoms with Crippen LogP contribution in [0.5, 0.6) is 17.2 Å². The third kappa shape index (κ3) is 2.63. The molecule has 1 aromatic carbocycles. The number of phenols is 1. The van der Waals surface area contributed by atoms with Crippen LogP contribution in [0.2, 0.25) is 0 Å². The highest BCUT2D eigenvalue weighted by Crippen LogP contribution is 2.40. The third-order valence-corrected chi connectivity index (χ3v) is 3.77. The van der Waals surface area contributed by atoms with E-state index in [-0.39, 0.29) is 35.0 Å². The molecular formula is C17H16O6. The number of aliphatic hydroxyl groups is 1. The average molecular weight is 316 g/mol. The van der Waals surface area contributed by atoms with Crippen LogP contribution in [0, 0.1) is 0 Å². The number of Topliss-reactive ketones (excluding diaryl/α,β-unsaturated/α-hetero) is 1. The molecule has 0 bridgehead atoms. The fraction of sp³-hybridized carbons (Fsp3) is 0.235. The number of carbonyl (C=O) groups excluding carboxylic acids is 1. The first-order valence-electron chi connectivity index (χ1n) is 7.02. The van der Waals surface area contributed by atoms with E-state index in [1.807, 2.05) is 0 Å². The summed E-state index contributed by atoms with van der Waals surface area (Å²) >= 11 is 0. The molecule has 23 heavy (non-hydrogen) atoms. The number of ether oxygens (including phenoxy) is 3. The Morgan fingerprint density at radius 1 is 1.17 bits per heavy atom. The number of methoxy groups -OCH3 is 2. The number of carbonyl (C=O) groups is 1. The van der Waals surface area contributed by atoms with Crippen molar-refractivity contribution in [1.29, 1.82) is 0 Å². The lowest BCUT2D eigenvalue weighted by Crippen LogP contribution is -2.16. The minimum absolute atomic E-state index is 0.0160. The second kappa shape index (κ2) is 5.72. The van der Waals surface area contributed by atoms with Crippen molar-refractivity contribution in [3.63, 3.8) is 0 Å². The maximum Gasteiger partial charge on any atom is 0.177 e. The number of rotatable bonds is 2. The molecule has 1 aromatic rings. The molecule has 0 saturated heterocycles. The van der Waals surface area contributed by atoms with Gasteiger partial charge in [-0.25, -0.2) is 0 Å². The molecule has 1 aliphatic heterocycles. The maximum absolute atomic E-state index is 12.3. The largest absolute Gasteiger partial charge is 0.507 e. The lowest BCUT2D eigenvalue weighted by atomic mass is 9.96. The molecule has 0 saturated carbocycles. The van der Waals surface area contributed by atoms with Crippen LogP contribution < -0.4 is 9.47 Å². The highest BCUT2D eigenvalue weighted by atomic mass is 16.5. The van der Waals surface area contributed by atoms with Gasteiger partial charge in [0.05, 0.1) is 20.6 Å². The summed E-state index contributed by atoms with van der Waals surface area (Å²) in [6, 6.07) is 2.92. The second-order valence-electron chi connectivity index (χ2n) is 5.18. The Morgan fingerprint density at radius 2 is 1.96 bits per heavy atom. The molecule has 1 heterocycles. The van der Waals surface area contributed by atoms with Gasteiger partial charge < -0.3 is 24.4 Å². The minimum atomic E-state index is -0.247. The Hall–Kier alpha value is -2.89. The van der Waals surface area contributed by atoms with Crippen LogP contribution in [0.25, 0.3) is 0 Å². The smallest absolute Gasteiger partial charge is 0.177 e. The van der Waals surface area contributed by atoms with Crippen molar-refractivity contribution in [2.24, 2.45) is 0 Å². The number of allylic oxidation sites excluding steroid dienone is 4. The van der Waals surface area contributed by atoms with Crippen LogP contribution in [-0.4, -0.2) is 30.2 Å². The molecule has 3 rings (SSSR count). The molecule has 120 valence electrons. The summed E-state index contributed by atoms with van der Waals surface area (Å²) in [5.74, 6) is 1.03. The molecule has 2 aliphatic rings. The van der Waals surface area contributed by atoms with E-state index in [9.17, 15) is 15.0 Å². The summed E-state index contributed by atoms with van der Waals surface area (Å²) in [6.07, 6.45) is 3.72. The summed E-state index contributed by atoms with van der Waals surface area (Å²) in [6.45, 7) is 0. The molecule has 6 nitrogen and oxygen atoms in total. The normalized spacial score (nSPS) is 20.2. The zero-order chi connectivity index (χ0) is 16.6. The summed E-state index contributed by atoms with van der Waals surface area (Å²) in [5, 5.41) is 19.9. The molecule has 1 aliphatic carbocycles. The quantitative estimate of drug-likeness (QED) is 0.872. The number of hydrogen-bond donors (Lipinski definition) is 2. The topological polar surface area (TPSA) is 85.2 Å². The molecule has 0 unspecified atom stereocenters. The SMILES string of the molecule is COC1=CCC(=C2CC(=O)c3c(O)cc(OC)cc3O2)C=C1O. The van der Waals surface area contributed by atoms with Crippen molar-refractivity contribution < 1.29 is 29.2 Å². The van der Waals surface area contributed by atoms with Gasteiger partial charge in [0.25, 0.3) is 0 Å². The second-order valence-corrected chi connectivity index (χ2v) is 5.18. The van der Waals surface area contributed by atoms with Crippen molar-refractivity contribution in [1.82, 2.24) is 0 Å². The number of hydrogen-bond acceptors (Lipinski definition) is 6. The van der Waals surface area contributed by atoms with Crippen molar-refractivity contribution in [2.75, 3.05) is 14.2 Å². The van der Waals surface area contributed by atoms with E-state index >= 15 is 0 Å². The van der Waals surface area contributed by atoms with Crippen LogP contribution in [0.15, 0.2) is 47.1 Å². The van der Waals surface area contributed by atoms with Crippen molar-refractivity contribution >= 4 is 5.78 Å². The Bertz CT molecular complexity index is 770. The first-order chi connectivity index (χ1) is 11.0. The maximum atomic E-state index is 12.3. The Kier molecular flexibility index (Phi) is 3.73. The number of ketones is 1. The van der Waals surface area contributed by atoms with Gasteiger partial charge in [-0.2, -0.15) is 0 Å². The molecule has 0 atom stereocenters. The van der Waals surface area contributed by atoms with Gasteiger partial charge in [-0.15, -0.1) is 0 Å². The standard InChI is InChI=1S/C17H16O6/c1-21-10-6-12(19)17-13(20)8-15(23-16(17)7-10)9-3-4-14(22-2)11(18)5-9/h4-7,18-19H,3,8H2,1-2H3. The van der Waals surface area contributed by atoms with Gasteiger partial charge in [-0.3, -0.25) is 4.79 Å². The number of aromatic hydroxyl groups is 1. The summed E-state index contributed by atoms with van der Waals surface area (Å²) in [4.78, 5) is 12.3. The van der Waals surface area contributed by atoms with Crippen molar-refractivity contribution in [3.8, 4) is 17.2 Å². The van der Waals surface area contributed by atoms with Crippen LogP contribution in [0.1, 0.15) is 23.2 Å². The fourth-order valence-corrected chi connectivity index (χ4v) is 2.62. The predicted octanol–water partition coefficient (Wildman–Crippen LogP) is 3.00. The Morgan fingerprint density at radius 3 is 2.61 bits per heavy atom. The van der Waals surface area contributed by atoms with Gasteiger partial charge in [0.15, 0.2) is 17.3 Å². The van der Waals surface area contributed by atoms with E-state index < -0.39 is 0 Å². The summed E-state index contributed by atoms with van der Waals surface area (Å²) in [5.41, 5.74) is 0.830. The molecule has 0 amide bonds. The van der Waals surface area contributed by atoms with E-state index in [2.05, 4.69) is 0 Å². The Balaban J connectivity index is 2.01. The number of fused-ring (bicyclic) bond motifs is 1. The molecule has 0 radical (unpaired) electrons. The molecule has 6 heteroatoms. The van der Waals surface area contributed by atoms with Crippen molar-refractivity contribution in [3.05, 3.63) is 52.7 Å². The van der Waals surface area contributed by atoms with Crippen LogP contribution >= 0.6 is 0 Å². The highest BCUT2D eigenvalue weighted by molar-refractivity contribution is 6.03. The molecular weight excluding hydrogens is 300 g/mol. The zero-order valence-corrected chi connectivity index (χ0v) is 12.8. The monoisotopic (exact) mass is 316 g/mol. The summed E-state index contributed by atoms with van der Waals surface area (Å²) < 4.78 is 15.9. The molecule has 0 fully saturated rings. The first kappa shape index (κ1) is 15.0. The number of aliphatic hydroxyl groups excluding tert-OH is 1. The van der Waals surface area contributed by atoms with Crippen LogP contribution in [-0.2, 0) is 4.74 Å². The highest BCUT2D eigenvalue weighted by Gasteiger charge is 2.29. The van der Waals surface area contributed by atoms with Gasteiger partial charge in [-0.1, -0.05) is 0 Å². The van der Waals surface area contributed by atoms with E-state index in [1.165, 1.54) is 26.4 Å². The van der Waals surface area contributed by atoms with E-state index in [4.69, 9.17) is 14.2 Å². The molecule has 0 spiro atoms. The lowest BCUT2D eigenvalue weighted by Gasteiger charge is -2.23. The van der Waals surface area contributed by atoms with Gasteiger partial charge in [0.1, 0.15) is 28.6 Å². The van der Waals surface area contributed by atoms with Gasteiger partial charge >= 0.3 is 0 Å². The lowest BCUT2D eigenvalue weighted by molar-refractivity contribution is 0.0959.